The van der Waals surface area contributed by atoms with Crippen LogP contribution in [0.15, 0.2) is 16.6 Å². The number of thioether (sulfide) groups is 1. The minimum absolute atomic E-state index is 0.884. The van der Waals surface area contributed by atoms with Crippen molar-refractivity contribution in [2.75, 3.05) is 13.4 Å². The Morgan fingerprint density at radius 2 is 2.23 bits per heavy atom. The topological polar surface area (TPSA) is 9.23 Å². The predicted molar refractivity (Wildman–Crippen MR) is 67.3 cm³/mol. The first-order chi connectivity index (χ1) is 6.19. The second kappa shape index (κ2) is 5.23. The fourth-order valence-corrected chi connectivity index (χ4v) is 2.65. The molecule has 1 aromatic carbocycles. The molecule has 0 heterocycles. The van der Waals surface area contributed by atoms with Gasteiger partial charge in [0.05, 0.1) is 11.6 Å². The third-order valence-electron chi connectivity index (χ3n) is 1.71. The van der Waals surface area contributed by atoms with E-state index in [2.05, 4.69) is 37.5 Å². The van der Waals surface area contributed by atoms with Crippen molar-refractivity contribution in [1.29, 1.82) is 0 Å². The van der Waals surface area contributed by atoms with Gasteiger partial charge in [0.1, 0.15) is 5.75 Å². The Morgan fingerprint density at radius 1 is 1.54 bits per heavy atom. The fourth-order valence-electron chi connectivity index (χ4n) is 1.05. The summed E-state index contributed by atoms with van der Waals surface area (Å²) >= 11 is 5.28. The lowest BCUT2D eigenvalue weighted by molar-refractivity contribution is 0.412. The van der Waals surface area contributed by atoms with Crippen molar-refractivity contribution in [2.45, 2.75) is 5.75 Å². The highest BCUT2D eigenvalue weighted by Gasteiger charge is 2.04. The van der Waals surface area contributed by atoms with Crippen LogP contribution >= 0.6 is 36.9 Å². The lowest BCUT2D eigenvalue weighted by Crippen LogP contribution is -2.01. The van der Waals surface area contributed by atoms with Crippen LogP contribution < -0.4 is 10.0 Å². The molecular weight excluding hydrogens is 267 g/mol. The summed E-state index contributed by atoms with van der Waals surface area (Å²) in [5.41, 5.74) is 1.32. The number of ether oxygens (including phenoxy) is 1. The van der Waals surface area contributed by atoms with Gasteiger partial charge in [0, 0.05) is 5.75 Å². The van der Waals surface area contributed by atoms with Gasteiger partial charge in [0.2, 0.25) is 0 Å². The van der Waals surface area contributed by atoms with Crippen LogP contribution in [0.1, 0.15) is 5.56 Å². The molecule has 0 fully saturated rings. The van der Waals surface area contributed by atoms with E-state index in [9.17, 15) is 0 Å². The number of hydrogen-bond donors (Lipinski definition) is 0. The van der Waals surface area contributed by atoms with E-state index < -0.39 is 0 Å². The normalized spacial score (nSPS) is 10.2. The zero-order valence-corrected chi connectivity index (χ0v) is 11.2. The van der Waals surface area contributed by atoms with E-state index >= 15 is 0 Å². The molecule has 1 unspecified atom stereocenters. The summed E-state index contributed by atoms with van der Waals surface area (Å²) in [5, 5.41) is 1.20. The average Bonchev–Trinajstić information content (AvgIpc) is 2.11. The van der Waals surface area contributed by atoms with E-state index in [1.54, 1.807) is 7.11 Å². The molecule has 0 bridgehead atoms. The molecule has 0 amide bonds. The molecule has 0 aliphatic carbocycles. The summed E-state index contributed by atoms with van der Waals surface area (Å²) in [4.78, 5) is 0. The van der Waals surface area contributed by atoms with E-state index in [1.807, 2.05) is 17.8 Å². The molecule has 0 aliphatic heterocycles. The van der Waals surface area contributed by atoms with Crippen LogP contribution in [0.2, 0.25) is 0 Å². The number of benzene rings is 1. The summed E-state index contributed by atoms with van der Waals surface area (Å²) in [6.07, 6.45) is 2.10. The summed E-state index contributed by atoms with van der Waals surface area (Å²) in [7, 11) is 4.41. The fraction of sp³-hybridized carbons (Fsp3) is 0.333. The minimum Gasteiger partial charge on any atom is -0.496 e. The Labute approximate surface area is 94.0 Å². The monoisotopic (exact) mass is 278 g/mol. The van der Waals surface area contributed by atoms with Crippen molar-refractivity contribution in [1.82, 2.24) is 0 Å². The van der Waals surface area contributed by atoms with Crippen LogP contribution in [-0.4, -0.2) is 13.4 Å². The summed E-state index contributed by atoms with van der Waals surface area (Å²) < 4.78 is 6.21. The number of rotatable bonds is 3. The van der Waals surface area contributed by atoms with Gasteiger partial charge in [-0.25, -0.2) is 0 Å². The first-order valence-corrected chi connectivity index (χ1v) is 6.56. The Bertz CT molecular complexity index is 304. The summed E-state index contributed by atoms with van der Waals surface area (Å²) in [6.45, 7) is 0. The van der Waals surface area contributed by atoms with Crippen LogP contribution in [0.25, 0.3) is 0 Å². The highest BCUT2D eigenvalue weighted by molar-refractivity contribution is 9.10. The minimum atomic E-state index is 0.884. The summed E-state index contributed by atoms with van der Waals surface area (Å²) in [6, 6.07) is 4.14. The van der Waals surface area contributed by atoms with Gasteiger partial charge in [-0.15, -0.1) is 9.24 Å². The molecule has 0 N–H and O–H groups in total. The Balaban J connectivity index is 3.05. The second-order valence-electron chi connectivity index (χ2n) is 2.62. The lowest BCUT2D eigenvalue weighted by Gasteiger charge is -2.08. The Hall–Kier alpha value is 0.280. The average molecular weight is 279 g/mol. The molecule has 1 atom stereocenters. The van der Waals surface area contributed by atoms with Gasteiger partial charge < -0.3 is 4.74 Å². The van der Waals surface area contributed by atoms with Crippen LogP contribution in [-0.2, 0) is 5.75 Å². The third-order valence-corrected chi connectivity index (χ3v) is 3.47. The molecule has 0 spiro atoms. The van der Waals surface area contributed by atoms with Gasteiger partial charge in [-0.2, -0.15) is 11.8 Å². The SMILES string of the molecule is COc1cc(P)c(CSC)cc1Br. The number of methoxy groups -OCH3 is 1. The van der Waals surface area contributed by atoms with Gasteiger partial charge in [0.25, 0.3) is 0 Å². The Morgan fingerprint density at radius 3 is 2.77 bits per heavy atom. The second-order valence-corrected chi connectivity index (χ2v) is 4.96. The van der Waals surface area contributed by atoms with Gasteiger partial charge in [-0.05, 0) is 45.2 Å². The molecule has 1 aromatic rings. The molecular formula is C9H12BrOPS. The van der Waals surface area contributed by atoms with Crippen molar-refractivity contribution < 1.29 is 4.74 Å². The van der Waals surface area contributed by atoms with E-state index in [-0.39, 0.29) is 0 Å². The molecule has 0 saturated heterocycles. The van der Waals surface area contributed by atoms with E-state index in [4.69, 9.17) is 4.74 Å². The molecule has 13 heavy (non-hydrogen) atoms. The van der Waals surface area contributed by atoms with Crippen molar-refractivity contribution in [3.05, 3.63) is 22.2 Å². The maximum absolute atomic E-state index is 5.19. The highest BCUT2D eigenvalue weighted by atomic mass is 79.9. The van der Waals surface area contributed by atoms with Crippen molar-refractivity contribution in [3.8, 4) is 5.75 Å². The third kappa shape index (κ3) is 2.87. The van der Waals surface area contributed by atoms with Crippen LogP contribution in [0.4, 0.5) is 0 Å². The largest absolute Gasteiger partial charge is 0.496 e. The van der Waals surface area contributed by atoms with Crippen LogP contribution in [0, 0.1) is 0 Å². The quantitative estimate of drug-likeness (QED) is 0.787. The van der Waals surface area contributed by atoms with E-state index in [0.29, 0.717) is 0 Å². The maximum Gasteiger partial charge on any atom is 0.133 e. The molecule has 0 radical (unpaired) electrons. The number of halogens is 1. The lowest BCUT2D eigenvalue weighted by atomic mass is 10.2. The zero-order chi connectivity index (χ0) is 9.84. The van der Waals surface area contributed by atoms with Crippen LogP contribution in [0.3, 0.4) is 0 Å². The maximum atomic E-state index is 5.19. The Kier molecular flexibility index (Phi) is 4.57. The van der Waals surface area contributed by atoms with Gasteiger partial charge in [-0.3, -0.25) is 0 Å². The molecule has 0 aromatic heterocycles. The van der Waals surface area contributed by atoms with E-state index in [1.165, 1.54) is 10.9 Å². The summed E-state index contributed by atoms with van der Waals surface area (Å²) in [5.74, 6) is 1.91. The van der Waals surface area contributed by atoms with Gasteiger partial charge in [-0.1, -0.05) is 0 Å². The molecule has 72 valence electrons. The van der Waals surface area contributed by atoms with Crippen molar-refractivity contribution in [3.63, 3.8) is 0 Å². The number of hydrogen-bond acceptors (Lipinski definition) is 2. The van der Waals surface area contributed by atoms with Crippen molar-refractivity contribution >= 4 is 42.2 Å². The first kappa shape index (κ1) is 11.4. The zero-order valence-electron chi connectivity index (χ0n) is 7.63. The molecule has 1 nitrogen and oxygen atoms in total. The molecule has 0 aliphatic rings. The van der Waals surface area contributed by atoms with Gasteiger partial charge >= 0.3 is 0 Å². The standard InChI is InChI=1S/C9H12BrOPS/c1-11-8-4-9(12)6(5-13-2)3-7(8)10/h3-4H,5,12H2,1-2H3. The van der Waals surface area contributed by atoms with E-state index in [0.717, 1.165) is 16.0 Å². The predicted octanol–water partition coefficient (Wildman–Crippen LogP) is 2.82. The smallest absolute Gasteiger partial charge is 0.133 e. The molecule has 4 heteroatoms. The first-order valence-electron chi connectivity index (χ1n) is 3.80. The molecule has 0 saturated carbocycles. The molecule has 1 rings (SSSR count). The van der Waals surface area contributed by atoms with Crippen LogP contribution in [0.5, 0.6) is 5.75 Å². The highest BCUT2D eigenvalue weighted by Crippen LogP contribution is 2.26. The van der Waals surface area contributed by atoms with Crippen molar-refractivity contribution in [2.24, 2.45) is 0 Å². The van der Waals surface area contributed by atoms with Gasteiger partial charge in [0.15, 0.2) is 0 Å².